The minimum atomic E-state index is -0.994. The molecule has 1 unspecified atom stereocenters. The second kappa shape index (κ2) is 9.98. The zero-order valence-corrected chi connectivity index (χ0v) is 15.9. The lowest BCUT2D eigenvalue weighted by molar-refractivity contribution is -0.145. The molecule has 0 radical (unpaired) electrons. The fourth-order valence-electron chi connectivity index (χ4n) is 2.64. The largest absolute Gasteiger partial charge is 0.479 e. The maximum absolute atomic E-state index is 11.3. The van der Waals surface area contributed by atoms with Gasteiger partial charge in [-0.2, -0.15) is 0 Å². The van der Waals surface area contributed by atoms with E-state index in [-0.39, 0.29) is 0 Å². The van der Waals surface area contributed by atoms with Gasteiger partial charge >= 0.3 is 5.97 Å². The summed E-state index contributed by atoms with van der Waals surface area (Å²) in [5.41, 5.74) is 2.13. The molecule has 2 heterocycles. The van der Waals surface area contributed by atoms with E-state index in [1.54, 1.807) is 49.1 Å². The van der Waals surface area contributed by atoms with Gasteiger partial charge in [0.05, 0.1) is 0 Å². The highest BCUT2D eigenvalue weighted by molar-refractivity contribution is 6.12. The third kappa shape index (κ3) is 5.62. The molecule has 0 amide bonds. The maximum atomic E-state index is 11.3. The molecule has 1 aromatic carbocycles. The molecule has 0 aliphatic carbocycles. The Labute approximate surface area is 168 Å². The average molecular weight is 391 g/mol. The Hall–Kier alpha value is -3.74. The van der Waals surface area contributed by atoms with E-state index < -0.39 is 12.1 Å². The van der Waals surface area contributed by atoms with Crippen LogP contribution in [0.4, 0.5) is 0 Å². The fraction of sp³-hybridized carbons (Fsp3) is 0.182. The molecular formula is C22H21N3O4. The lowest BCUT2D eigenvalue weighted by Crippen LogP contribution is -2.26. The number of hydrogen-bond acceptors (Lipinski definition) is 6. The molecule has 0 aliphatic heterocycles. The number of carboxylic acids is 1. The van der Waals surface area contributed by atoms with Gasteiger partial charge in [0.15, 0.2) is 11.9 Å². The van der Waals surface area contributed by atoms with E-state index in [1.165, 1.54) is 0 Å². The Balaban J connectivity index is 1.84. The second-order valence-electron chi connectivity index (χ2n) is 6.22. The predicted octanol–water partition coefficient (Wildman–Crippen LogP) is 3.94. The molecule has 3 aromatic rings. The van der Waals surface area contributed by atoms with Gasteiger partial charge in [-0.1, -0.05) is 24.6 Å². The summed E-state index contributed by atoms with van der Waals surface area (Å²) in [4.78, 5) is 25.2. The Morgan fingerprint density at radius 2 is 1.69 bits per heavy atom. The Kier molecular flexibility index (Phi) is 6.89. The van der Waals surface area contributed by atoms with E-state index in [1.807, 2.05) is 31.2 Å². The van der Waals surface area contributed by atoms with E-state index in [0.29, 0.717) is 30.1 Å². The van der Waals surface area contributed by atoms with Gasteiger partial charge in [0.25, 0.3) is 0 Å². The number of ether oxygens (including phenoxy) is 1. The number of nitrogens with zero attached hydrogens (tertiary/aromatic N) is 3. The van der Waals surface area contributed by atoms with Crippen LogP contribution in [-0.2, 0) is 4.79 Å². The Morgan fingerprint density at radius 1 is 1.03 bits per heavy atom. The lowest BCUT2D eigenvalue weighted by Gasteiger charge is -2.14. The molecule has 0 bridgehead atoms. The second-order valence-corrected chi connectivity index (χ2v) is 6.22. The van der Waals surface area contributed by atoms with E-state index in [2.05, 4.69) is 15.1 Å². The average Bonchev–Trinajstić information content (AvgIpc) is 2.75. The molecule has 2 aromatic heterocycles. The summed E-state index contributed by atoms with van der Waals surface area (Å²) in [5, 5.41) is 13.6. The molecular weight excluding hydrogens is 370 g/mol. The molecule has 1 N–H and O–H groups in total. The number of rotatable bonds is 9. The smallest absolute Gasteiger partial charge is 0.344 e. The van der Waals surface area contributed by atoms with Gasteiger partial charge in [0.1, 0.15) is 11.5 Å². The first-order valence-electron chi connectivity index (χ1n) is 9.22. The molecule has 148 valence electrons. The lowest BCUT2D eigenvalue weighted by atomic mass is 10.1. The number of carbonyl (C=O) groups is 1. The van der Waals surface area contributed by atoms with Crippen molar-refractivity contribution in [3.8, 4) is 11.5 Å². The van der Waals surface area contributed by atoms with Crippen LogP contribution in [0.25, 0.3) is 0 Å². The molecule has 1 atom stereocenters. The number of aromatic nitrogens is 2. The van der Waals surface area contributed by atoms with Gasteiger partial charge in [-0.05, 0) is 42.8 Å². The maximum Gasteiger partial charge on any atom is 0.344 e. The van der Waals surface area contributed by atoms with E-state index in [0.717, 1.165) is 11.1 Å². The molecule has 0 fully saturated rings. The van der Waals surface area contributed by atoms with Crippen molar-refractivity contribution in [2.45, 2.75) is 25.9 Å². The molecule has 7 nitrogen and oxygen atoms in total. The van der Waals surface area contributed by atoms with Crippen LogP contribution in [0.1, 0.15) is 30.9 Å². The van der Waals surface area contributed by atoms with Crippen molar-refractivity contribution in [1.29, 1.82) is 0 Å². The molecule has 29 heavy (non-hydrogen) atoms. The van der Waals surface area contributed by atoms with Crippen LogP contribution in [0, 0.1) is 0 Å². The molecule has 0 spiro atoms. The highest BCUT2D eigenvalue weighted by Crippen LogP contribution is 2.22. The normalized spacial score (nSPS) is 11.3. The number of hydrogen-bond donors (Lipinski definition) is 1. The fourth-order valence-corrected chi connectivity index (χ4v) is 2.64. The van der Waals surface area contributed by atoms with Gasteiger partial charge in [0, 0.05) is 42.0 Å². The number of aliphatic carboxylic acids is 1. The van der Waals surface area contributed by atoms with Crippen LogP contribution in [0.5, 0.6) is 11.5 Å². The number of carboxylic acid groups (broad SMARTS) is 1. The number of pyridine rings is 2. The van der Waals surface area contributed by atoms with E-state index in [4.69, 9.17) is 9.57 Å². The van der Waals surface area contributed by atoms with Crippen LogP contribution >= 0.6 is 0 Å². The first kappa shape index (κ1) is 20.0. The minimum Gasteiger partial charge on any atom is -0.479 e. The van der Waals surface area contributed by atoms with Gasteiger partial charge < -0.3 is 14.7 Å². The SMILES string of the molecule is CCCC(Oc1cccc(ON=C(c2cccnc2)c2cccnc2)c1)C(=O)O. The minimum absolute atomic E-state index is 0.405. The third-order valence-corrected chi connectivity index (χ3v) is 4.02. The van der Waals surface area contributed by atoms with Crippen molar-refractivity contribution >= 4 is 11.7 Å². The standard InChI is InChI=1S/C22H21N3O4/c1-2-6-20(22(26)27)28-18-9-3-10-19(13-18)29-25-21(16-7-4-11-23-14-16)17-8-5-12-24-15-17/h3-5,7-15,20H,2,6H2,1H3,(H,26,27). The highest BCUT2D eigenvalue weighted by atomic mass is 16.6. The number of benzene rings is 1. The summed E-state index contributed by atoms with van der Waals surface area (Å²) >= 11 is 0. The summed E-state index contributed by atoms with van der Waals surface area (Å²) in [6, 6.07) is 14.1. The van der Waals surface area contributed by atoms with Crippen LogP contribution in [0.2, 0.25) is 0 Å². The van der Waals surface area contributed by atoms with Crippen molar-refractivity contribution in [1.82, 2.24) is 9.97 Å². The summed E-state index contributed by atoms with van der Waals surface area (Å²) in [6.45, 7) is 1.91. The molecule has 7 heteroatoms. The first-order valence-corrected chi connectivity index (χ1v) is 9.22. The van der Waals surface area contributed by atoms with E-state index in [9.17, 15) is 9.90 Å². The van der Waals surface area contributed by atoms with Gasteiger partial charge in [-0.3, -0.25) is 9.97 Å². The Morgan fingerprint density at radius 3 is 2.24 bits per heavy atom. The quantitative estimate of drug-likeness (QED) is 0.439. The Bertz CT molecular complexity index is 921. The van der Waals surface area contributed by atoms with Crippen molar-refractivity contribution in [3.63, 3.8) is 0 Å². The highest BCUT2D eigenvalue weighted by Gasteiger charge is 2.18. The number of oxime groups is 1. The summed E-state index contributed by atoms with van der Waals surface area (Å²) < 4.78 is 5.59. The van der Waals surface area contributed by atoms with Crippen LogP contribution < -0.4 is 9.57 Å². The van der Waals surface area contributed by atoms with Crippen molar-refractivity contribution < 1.29 is 19.5 Å². The van der Waals surface area contributed by atoms with Crippen molar-refractivity contribution in [2.75, 3.05) is 0 Å². The van der Waals surface area contributed by atoms with E-state index >= 15 is 0 Å². The van der Waals surface area contributed by atoms with Gasteiger partial charge in [-0.25, -0.2) is 4.79 Å². The zero-order chi connectivity index (χ0) is 20.5. The summed E-state index contributed by atoms with van der Waals surface area (Å²) in [7, 11) is 0. The van der Waals surface area contributed by atoms with Crippen molar-refractivity contribution in [2.24, 2.45) is 5.16 Å². The monoisotopic (exact) mass is 391 g/mol. The molecule has 0 saturated carbocycles. The summed E-state index contributed by atoms with van der Waals surface area (Å²) in [6.07, 6.45) is 6.97. The molecule has 0 saturated heterocycles. The van der Waals surface area contributed by atoms with Gasteiger partial charge in [0.2, 0.25) is 0 Å². The van der Waals surface area contributed by atoms with Crippen LogP contribution in [0.15, 0.2) is 78.5 Å². The zero-order valence-electron chi connectivity index (χ0n) is 15.9. The summed E-state index contributed by atoms with van der Waals surface area (Å²) in [5.74, 6) is -0.164. The topological polar surface area (TPSA) is 93.9 Å². The van der Waals surface area contributed by atoms with Gasteiger partial charge in [-0.15, -0.1) is 0 Å². The predicted molar refractivity (Wildman–Crippen MR) is 108 cm³/mol. The molecule has 3 rings (SSSR count). The first-order chi connectivity index (χ1) is 14.2. The third-order valence-electron chi connectivity index (χ3n) is 4.02. The van der Waals surface area contributed by atoms with Crippen LogP contribution in [0.3, 0.4) is 0 Å². The molecule has 0 aliphatic rings. The van der Waals surface area contributed by atoms with Crippen LogP contribution in [-0.4, -0.2) is 32.9 Å². The van der Waals surface area contributed by atoms with Crippen molar-refractivity contribution in [3.05, 3.63) is 84.4 Å².